The molecule has 0 N–H and O–H groups in total. The lowest BCUT2D eigenvalue weighted by Gasteiger charge is -2.06. The number of benzene rings is 2. The van der Waals surface area contributed by atoms with Gasteiger partial charge in [-0.25, -0.2) is 0 Å². The van der Waals surface area contributed by atoms with E-state index in [4.69, 9.17) is 0 Å². The zero-order chi connectivity index (χ0) is 13.6. The van der Waals surface area contributed by atoms with Crippen LogP contribution in [0, 0.1) is 27.7 Å². The van der Waals surface area contributed by atoms with Gasteiger partial charge in [-0.05, 0) is 67.5 Å². The molecule has 0 atom stereocenters. The van der Waals surface area contributed by atoms with Crippen molar-refractivity contribution in [2.45, 2.75) is 34.1 Å². The molecule has 0 aliphatic heterocycles. The van der Waals surface area contributed by atoms with Crippen molar-refractivity contribution in [2.75, 3.05) is 0 Å². The van der Waals surface area contributed by atoms with Crippen molar-refractivity contribution in [3.8, 4) is 0 Å². The molecule has 0 nitrogen and oxygen atoms in total. The molecule has 0 aromatic heterocycles. The summed E-state index contributed by atoms with van der Waals surface area (Å²) < 4.78 is 0. The minimum absolute atomic E-state index is 1.07. The molecule has 1 aliphatic carbocycles. The molecular weight excluding hydrogens is 228 g/mol. The molecule has 2 aromatic rings. The van der Waals surface area contributed by atoms with E-state index in [0.717, 1.165) is 6.42 Å². The normalized spacial score (nSPS) is 13.4. The fourth-order valence-corrected chi connectivity index (χ4v) is 2.98. The standard InChI is InChI=1S/C19H20/c1-12-5-13(2)7-16(6-12)19-10-17-8-14(3)15(4)9-18(17)11-19/h5-10H,11H2,1-4H3. The van der Waals surface area contributed by atoms with E-state index in [9.17, 15) is 0 Å². The fraction of sp³-hybridized carbons (Fsp3) is 0.263. The SMILES string of the molecule is Cc1cc(C)cc(C2=Cc3cc(C)c(C)cc3C2)c1. The van der Waals surface area contributed by atoms with Crippen LogP contribution in [0.4, 0.5) is 0 Å². The molecule has 19 heavy (non-hydrogen) atoms. The Labute approximate surface area is 115 Å². The van der Waals surface area contributed by atoms with Crippen molar-refractivity contribution < 1.29 is 0 Å². The molecule has 0 amide bonds. The Morgan fingerprint density at radius 3 is 2.05 bits per heavy atom. The number of aryl methyl sites for hydroxylation is 4. The number of rotatable bonds is 1. The van der Waals surface area contributed by atoms with Gasteiger partial charge >= 0.3 is 0 Å². The molecule has 0 heteroatoms. The highest BCUT2D eigenvalue weighted by molar-refractivity contribution is 5.89. The van der Waals surface area contributed by atoms with Crippen molar-refractivity contribution in [1.29, 1.82) is 0 Å². The molecule has 0 heterocycles. The number of allylic oxidation sites excluding steroid dienone is 1. The number of hydrogen-bond donors (Lipinski definition) is 0. The third kappa shape index (κ3) is 2.23. The van der Waals surface area contributed by atoms with E-state index in [1.165, 1.54) is 44.5 Å². The van der Waals surface area contributed by atoms with Gasteiger partial charge in [0.05, 0.1) is 0 Å². The molecule has 0 spiro atoms. The highest BCUT2D eigenvalue weighted by Crippen LogP contribution is 2.33. The first kappa shape index (κ1) is 12.2. The number of hydrogen-bond acceptors (Lipinski definition) is 0. The molecule has 0 saturated heterocycles. The summed E-state index contributed by atoms with van der Waals surface area (Å²) in [6, 6.07) is 11.5. The predicted molar refractivity (Wildman–Crippen MR) is 83.4 cm³/mol. The summed E-state index contributed by atoms with van der Waals surface area (Å²) in [4.78, 5) is 0. The van der Waals surface area contributed by atoms with E-state index in [-0.39, 0.29) is 0 Å². The second kappa shape index (κ2) is 4.38. The summed E-state index contributed by atoms with van der Waals surface area (Å²) in [6.07, 6.45) is 3.43. The van der Waals surface area contributed by atoms with Gasteiger partial charge < -0.3 is 0 Å². The minimum Gasteiger partial charge on any atom is -0.0563 e. The van der Waals surface area contributed by atoms with Crippen LogP contribution >= 0.6 is 0 Å². The molecule has 96 valence electrons. The Balaban J connectivity index is 2.04. The first-order valence-corrected chi connectivity index (χ1v) is 6.92. The summed E-state index contributed by atoms with van der Waals surface area (Å²) in [5, 5.41) is 0. The van der Waals surface area contributed by atoms with Gasteiger partial charge in [-0.15, -0.1) is 0 Å². The summed E-state index contributed by atoms with van der Waals surface area (Å²) in [7, 11) is 0. The molecule has 0 saturated carbocycles. The van der Waals surface area contributed by atoms with Crippen LogP contribution in [0.3, 0.4) is 0 Å². The lowest BCUT2D eigenvalue weighted by Crippen LogP contribution is -1.90. The Hall–Kier alpha value is -1.82. The van der Waals surface area contributed by atoms with Crippen molar-refractivity contribution in [1.82, 2.24) is 0 Å². The second-order valence-corrected chi connectivity index (χ2v) is 5.86. The molecular formula is C19H20. The largest absolute Gasteiger partial charge is 0.0563 e. The van der Waals surface area contributed by atoms with Gasteiger partial charge in [-0.3, -0.25) is 0 Å². The maximum absolute atomic E-state index is 2.36. The van der Waals surface area contributed by atoms with Crippen molar-refractivity contribution in [3.05, 3.63) is 69.3 Å². The summed E-state index contributed by atoms with van der Waals surface area (Å²) >= 11 is 0. The Bertz CT molecular complexity index is 667. The van der Waals surface area contributed by atoms with Crippen LogP contribution in [0.15, 0.2) is 30.3 Å². The van der Waals surface area contributed by atoms with E-state index < -0.39 is 0 Å². The minimum atomic E-state index is 1.07. The molecule has 2 aromatic carbocycles. The zero-order valence-electron chi connectivity index (χ0n) is 12.2. The van der Waals surface area contributed by atoms with Crippen LogP contribution in [-0.4, -0.2) is 0 Å². The van der Waals surface area contributed by atoms with Crippen molar-refractivity contribution in [3.63, 3.8) is 0 Å². The third-order valence-corrected chi connectivity index (χ3v) is 4.06. The fourth-order valence-electron chi connectivity index (χ4n) is 2.98. The van der Waals surface area contributed by atoms with E-state index in [1.54, 1.807) is 0 Å². The maximum atomic E-state index is 2.36. The third-order valence-electron chi connectivity index (χ3n) is 4.06. The summed E-state index contributed by atoms with van der Waals surface area (Å²) in [5.74, 6) is 0. The lowest BCUT2D eigenvalue weighted by molar-refractivity contribution is 1.24. The zero-order valence-corrected chi connectivity index (χ0v) is 12.2. The van der Waals surface area contributed by atoms with Crippen molar-refractivity contribution >= 4 is 11.6 Å². The topological polar surface area (TPSA) is 0 Å². The highest BCUT2D eigenvalue weighted by atomic mass is 14.2. The summed E-state index contributed by atoms with van der Waals surface area (Å²) in [6.45, 7) is 8.74. The Morgan fingerprint density at radius 2 is 1.37 bits per heavy atom. The van der Waals surface area contributed by atoms with E-state index in [1.807, 2.05) is 0 Å². The van der Waals surface area contributed by atoms with Crippen LogP contribution in [0.1, 0.15) is 38.9 Å². The molecule has 0 fully saturated rings. The van der Waals surface area contributed by atoms with Gasteiger partial charge in [0.2, 0.25) is 0 Å². The van der Waals surface area contributed by atoms with Crippen LogP contribution in [0.25, 0.3) is 11.6 Å². The maximum Gasteiger partial charge on any atom is -0.00136 e. The second-order valence-electron chi connectivity index (χ2n) is 5.86. The van der Waals surface area contributed by atoms with Crippen molar-refractivity contribution in [2.24, 2.45) is 0 Å². The van der Waals surface area contributed by atoms with Gasteiger partial charge in [-0.2, -0.15) is 0 Å². The number of fused-ring (bicyclic) bond motifs is 1. The molecule has 1 aliphatic rings. The van der Waals surface area contributed by atoms with Gasteiger partial charge in [0.15, 0.2) is 0 Å². The first-order chi connectivity index (χ1) is 9.02. The Morgan fingerprint density at radius 1 is 0.737 bits per heavy atom. The quantitative estimate of drug-likeness (QED) is 0.665. The average Bonchev–Trinajstić information content (AvgIpc) is 2.71. The van der Waals surface area contributed by atoms with Gasteiger partial charge in [0, 0.05) is 0 Å². The monoisotopic (exact) mass is 248 g/mol. The predicted octanol–water partition coefficient (Wildman–Crippen LogP) is 5.02. The molecule has 0 unspecified atom stereocenters. The van der Waals surface area contributed by atoms with Crippen LogP contribution in [-0.2, 0) is 6.42 Å². The van der Waals surface area contributed by atoms with Crippen LogP contribution < -0.4 is 0 Å². The van der Waals surface area contributed by atoms with Crippen LogP contribution in [0.2, 0.25) is 0 Å². The molecule has 3 rings (SSSR count). The lowest BCUT2D eigenvalue weighted by atomic mass is 9.98. The van der Waals surface area contributed by atoms with Gasteiger partial charge in [-0.1, -0.05) is 47.5 Å². The van der Waals surface area contributed by atoms with E-state index in [0.29, 0.717) is 0 Å². The van der Waals surface area contributed by atoms with E-state index >= 15 is 0 Å². The Kier molecular flexibility index (Phi) is 2.82. The van der Waals surface area contributed by atoms with Crippen LogP contribution in [0.5, 0.6) is 0 Å². The van der Waals surface area contributed by atoms with E-state index in [2.05, 4.69) is 64.1 Å². The van der Waals surface area contributed by atoms with Gasteiger partial charge in [0.1, 0.15) is 0 Å². The average molecular weight is 248 g/mol. The van der Waals surface area contributed by atoms with Gasteiger partial charge in [0.25, 0.3) is 0 Å². The smallest absolute Gasteiger partial charge is 0.00136 e. The summed E-state index contributed by atoms with van der Waals surface area (Å²) in [5.41, 5.74) is 11.2. The first-order valence-electron chi connectivity index (χ1n) is 6.92. The molecule has 0 radical (unpaired) electrons. The molecule has 0 bridgehead atoms. The highest BCUT2D eigenvalue weighted by Gasteiger charge is 2.15.